The van der Waals surface area contributed by atoms with Gasteiger partial charge in [0.2, 0.25) is 0 Å². The normalized spacial score (nSPS) is 37.4. The van der Waals surface area contributed by atoms with E-state index in [0.29, 0.717) is 12.0 Å². The zero-order chi connectivity index (χ0) is 12.0. The van der Waals surface area contributed by atoms with E-state index >= 15 is 0 Å². The molecule has 1 N–H and O–H groups in total. The van der Waals surface area contributed by atoms with Crippen LogP contribution in [-0.2, 0) is 4.74 Å². The van der Waals surface area contributed by atoms with Gasteiger partial charge in [-0.05, 0) is 47.6 Å². The summed E-state index contributed by atoms with van der Waals surface area (Å²) in [5.41, 5.74) is 0.00708. The summed E-state index contributed by atoms with van der Waals surface area (Å²) >= 11 is 0. The number of nitrogens with one attached hydrogen (secondary N) is 1. The maximum absolute atomic E-state index is 6.03. The van der Waals surface area contributed by atoms with Gasteiger partial charge in [0.15, 0.2) is 0 Å². The fraction of sp³-hybridized carbons (Fsp3) is 1.00. The Morgan fingerprint density at radius 2 is 1.94 bits per heavy atom. The first-order valence-electron chi connectivity index (χ1n) is 6.50. The molecule has 0 saturated carbocycles. The Kier molecular flexibility index (Phi) is 4.52. The molecule has 0 radical (unpaired) electrons. The Labute approximate surface area is 112 Å². The minimum atomic E-state index is -0.118. The van der Waals surface area contributed by atoms with Crippen LogP contribution in [0.15, 0.2) is 0 Å². The van der Waals surface area contributed by atoms with Crippen molar-refractivity contribution in [2.24, 2.45) is 5.92 Å². The summed E-state index contributed by atoms with van der Waals surface area (Å²) in [7, 11) is 0. The summed E-state index contributed by atoms with van der Waals surface area (Å²) in [6.45, 7) is 14.4. The minimum Gasteiger partial charge on any atom is -0.359 e. The van der Waals surface area contributed by atoms with Crippen molar-refractivity contribution < 1.29 is 4.74 Å². The highest BCUT2D eigenvalue weighted by Gasteiger charge is 2.47. The number of ether oxygens (including phenoxy) is 1. The van der Waals surface area contributed by atoms with Crippen LogP contribution < -0.4 is 5.32 Å². The van der Waals surface area contributed by atoms with Gasteiger partial charge in [-0.3, -0.25) is 5.32 Å². The summed E-state index contributed by atoms with van der Waals surface area (Å²) in [5, 5.41) is 3.66. The van der Waals surface area contributed by atoms with Crippen molar-refractivity contribution in [3.8, 4) is 0 Å². The smallest absolute Gasteiger partial charge is 0.121 e. The Hall–Kier alpha value is 0.170. The molecule has 102 valence electrons. The summed E-state index contributed by atoms with van der Waals surface area (Å²) in [6, 6.07) is 0.656. The van der Waals surface area contributed by atoms with Crippen LogP contribution in [-0.4, -0.2) is 41.9 Å². The molecular weight excluding hydrogens is 236 g/mol. The molecule has 0 aliphatic carbocycles. The van der Waals surface area contributed by atoms with Crippen LogP contribution in [0.4, 0.5) is 0 Å². The van der Waals surface area contributed by atoms with Crippen LogP contribution in [0.25, 0.3) is 0 Å². The molecule has 0 bridgehead atoms. The van der Waals surface area contributed by atoms with Gasteiger partial charge in [-0.2, -0.15) is 0 Å². The van der Waals surface area contributed by atoms with E-state index in [-0.39, 0.29) is 23.7 Å². The Balaban J connectivity index is 0.00000144. The van der Waals surface area contributed by atoms with Crippen molar-refractivity contribution in [1.82, 2.24) is 10.2 Å². The van der Waals surface area contributed by atoms with Crippen molar-refractivity contribution in [2.75, 3.05) is 19.7 Å². The topological polar surface area (TPSA) is 24.5 Å². The Morgan fingerprint density at radius 3 is 2.35 bits per heavy atom. The predicted octanol–water partition coefficient (Wildman–Crippen LogP) is 2.25. The highest BCUT2D eigenvalue weighted by Crippen LogP contribution is 2.35. The van der Waals surface area contributed by atoms with Crippen LogP contribution in [0.1, 0.15) is 41.0 Å². The third kappa shape index (κ3) is 3.14. The molecule has 0 spiro atoms. The largest absolute Gasteiger partial charge is 0.359 e. The molecule has 4 heteroatoms. The monoisotopic (exact) mass is 262 g/mol. The van der Waals surface area contributed by atoms with Gasteiger partial charge >= 0.3 is 0 Å². The van der Waals surface area contributed by atoms with Crippen LogP contribution in [0.3, 0.4) is 0 Å². The Morgan fingerprint density at radius 1 is 1.29 bits per heavy atom. The SMILES string of the molecule is CC(C)N1CCC(C2(C)NC(C)(C)CO2)C1.Cl. The molecule has 2 unspecified atom stereocenters. The first kappa shape index (κ1) is 15.2. The zero-order valence-electron chi connectivity index (χ0n) is 11.7. The average molecular weight is 263 g/mol. The van der Waals surface area contributed by atoms with Crippen molar-refractivity contribution in [3.63, 3.8) is 0 Å². The molecule has 2 aliphatic heterocycles. The first-order valence-corrected chi connectivity index (χ1v) is 6.50. The van der Waals surface area contributed by atoms with Gasteiger partial charge in [0.25, 0.3) is 0 Å². The number of halogens is 1. The van der Waals surface area contributed by atoms with Gasteiger partial charge in [0, 0.05) is 24.0 Å². The van der Waals surface area contributed by atoms with Crippen molar-refractivity contribution in [3.05, 3.63) is 0 Å². The summed E-state index contributed by atoms with van der Waals surface area (Å²) < 4.78 is 6.03. The third-order valence-corrected chi connectivity index (χ3v) is 4.05. The van der Waals surface area contributed by atoms with E-state index in [2.05, 4.69) is 44.8 Å². The molecule has 2 heterocycles. The molecular formula is C13H27ClN2O. The first-order chi connectivity index (χ1) is 7.32. The second kappa shape index (κ2) is 5.04. The summed E-state index contributed by atoms with van der Waals surface area (Å²) in [6.07, 6.45) is 1.25. The highest BCUT2D eigenvalue weighted by atomic mass is 35.5. The lowest BCUT2D eigenvalue weighted by Gasteiger charge is -2.33. The molecule has 0 aromatic rings. The maximum atomic E-state index is 6.03. The van der Waals surface area contributed by atoms with E-state index in [1.54, 1.807) is 0 Å². The second-order valence-electron chi connectivity index (χ2n) is 6.48. The quantitative estimate of drug-likeness (QED) is 0.826. The molecule has 0 amide bonds. The number of rotatable bonds is 2. The molecule has 2 saturated heterocycles. The molecule has 0 aromatic carbocycles. The zero-order valence-corrected chi connectivity index (χ0v) is 12.6. The molecule has 3 nitrogen and oxygen atoms in total. The van der Waals surface area contributed by atoms with Crippen LogP contribution in [0.5, 0.6) is 0 Å². The number of nitrogens with zero attached hydrogens (tertiary/aromatic N) is 1. The van der Waals surface area contributed by atoms with Crippen LogP contribution in [0, 0.1) is 5.92 Å². The summed E-state index contributed by atoms with van der Waals surface area (Å²) in [5.74, 6) is 0.622. The standard InChI is InChI=1S/C13H26N2O.ClH/c1-10(2)15-7-6-11(8-15)13(5)14-12(3,4)9-16-13;/h10-11,14H,6-9H2,1-5H3;1H. The number of likely N-dealkylation sites (tertiary alicyclic amines) is 1. The fourth-order valence-electron chi connectivity index (χ4n) is 3.00. The van der Waals surface area contributed by atoms with Gasteiger partial charge < -0.3 is 9.64 Å². The molecule has 17 heavy (non-hydrogen) atoms. The van der Waals surface area contributed by atoms with Crippen LogP contribution >= 0.6 is 12.4 Å². The third-order valence-electron chi connectivity index (χ3n) is 4.05. The van der Waals surface area contributed by atoms with Gasteiger partial charge in [0.1, 0.15) is 5.72 Å². The summed E-state index contributed by atoms with van der Waals surface area (Å²) in [4.78, 5) is 2.55. The van der Waals surface area contributed by atoms with Gasteiger partial charge in [-0.1, -0.05) is 0 Å². The fourth-order valence-corrected chi connectivity index (χ4v) is 3.00. The van der Waals surface area contributed by atoms with Crippen molar-refractivity contribution in [1.29, 1.82) is 0 Å². The second-order valence-corrected chi connectivity index (χ2v) is 6.48. The van der Waals surface area contributed by atoms with E-state index in [1.165, 1.54) is 13.0 Å². The minimum absolute atomic E-state index is 0. The lowest BCUT2D eigenvalue weighted by molar-refractivity contribution is -0.0402. The molecule has 2 aliphatic rings. The van der Waals surface area contributed by atoms with E-state index in [1.807, 2.05) is 0 Å². The van der Waals surface area contributed by atoms with Crippen molar-refractivity contribution in [2.45, 2.75) is 58.3 Å². The molecule has 2 rings (SSSR count). The number of hydrogen-bond acceptors (Lipinski definition) is 3. The van der Waals surface area contributed by atoms with Gasteiger partial charge in [-0.25, -0.2) is 0 Å². The van der Waals surface area contributed by atoms with Crippen molar-refractivity contribution >= 4 is 12.4 Å². The van der Waals surface area contributed by atoms with E-state index in [9.17, 15) is 0 Å². The van der Waals surface area contributed by atoms with E-state index < -0.39 is 0 Å². The highest BCUT2D eigenvalue weighted by molar-refractivity contribution is 5.85. The van der Waals surface area contributed by atoms with Crippen LogP contribution in [0.2, 0.25) is 0 Å². The lowest BCUT2D eigenvalue weighted by Crippen LogP contribution is -2.52. The van der Waals surface area contributed by atoms with Gasteiger partial charge in [0.05, 0.1) is 6.61 Å². The molecule has 2 atom stereocenters. The van der Waals surface area contributed by atoms with E-state index in [4.69, 9.17) is 4.74 Å². The maximum Gasteiger partial charge on any atom is 0.121 e. The predicted molar refractivity (Wildman–Crippen MR) is 73.6 cm³/mol. The van der Waals surface area contributed by atoms with E-state index in [0.717, 1.165) is 13.2 Å². The molecule has 2 fully saturated rings. The lowest BCUT2D eigenvalue weighted by atomic mass is 9.95. The molecule has 0 aromatic heterocycles. The average Bonchev–Trinajstić information content (AvgIpc) is 2.71. The van der Waals surface area contributed by atoms with Gasteiger partial charge in [-0.15, -0.1) is 12.4 Å². The Bertz CT molecular complexity index is 270. The number of hydrogen-bond donors (Lipinski definition) is 1.